The van der Waals surface area contributed by atoms with Gasteiger partial charge in [0, 0.05) is 25.4 Å². The molecule has 0 aliphatic carbocycles. The second kappa shape index (κ2) is 3.50. The Bertz CT molecular complexity index is 485. The number of hydrogen-bond donors (Lipinski definition) is 0. The number of pyridine rings is 1. The zero-order valence-corrected chi connectivity index (χ0v) is 7.97. The third-order valence-electron chi connectivity index (χ3n) is 2.19. The van der Waals surface area contributed by atoms with E-state index in [9.17, 15) is 4.79 Å². The van der Waals surface area contributed by atoms with Gasteiger partial charge in [0.15, 0.2) is 5.43 Å². The van der Waals surface area contributed by atoms with Crippen LogP contribution < -0.4 is 5.43 Å². The van der Waals surface area contributed by atoms with Crippen molar-refractivity contribution in [3.8, 4) is 11.3 Å². The molecule has 0 aliphatic rings. The Kier molecular flexibility index (Phi) is 2.19. The predicted molar refractivity (Wildman–Crippen MR) is 57.1 cm³/mol. The lowest BCUT2D eigenvalue weighted by molar-refractivity contribution is 0.910. The minimum Gasteiger partial charge on any atom is -0.350 e. The molecular formula is C12H11NO. The van der Waals surface area contributed by atoms with Gasteiger partial charge in [-0.15, -0.1) is 0 Å². The summed E-state index contributed by atoms with van der Waals surface area (Å²) in [6, 6.07) is 13.1. The van der Waals surface area contributed by atoms with E-state index in [-0.39, 0.29) is 5.43 Å². The van der Waals surface area contributed by atoms with Crippen LogP contribution in [-0.2, 0) is 7.05 Å². The van der Waals surface area contributed by atoms with Crippen molar-refractivity contribution in [2.24, 2.45) is 7.05 Å². The van der Waals surface area contributed by atoms with Gasteiger partial charge in [-0.25, -0.2) is 0 Å². The van der Waals surface area contributed by atoms with Gasteiger partial charge < -0.3 is 4.57 Å². The molecule has 0 amide bonds. The third kappa shape index (κ3) is 1.59. The first-order chi connectivity index (χ1) is 6.77. The molecule has 2 rings (SSSR count). The second-order valence-electron chi connectivity index (χ2n) is 3.22. The van der Waals surface area contributed by atoms with Crippen molar-refractivity contribution in [2.45, 2.75) is 0 Å². The molecule has 2 aromatic rings. The standard InChI is InChI=1S/C12H11NO/c1-13-8-7-11(14)9-12(13)10-5-3-2-4-6-10/h2-9H,1H3. The summed E-state index contributed by atoms with van der Waals surface area (Å²) in [6.07, 6.45) is 1.78. The summed E-state index contributed by atoms with van der Waals surface area (Å²) in [5.41, 5.74) is 2.05. The zero-order valence-electron chi connectivity index (χ0n) is 7.97. The van der Waals surface area contributed by atoms with E-state index in [1.165, 1.54) is 0 Å². The molecule has 1 heterocycles. The van der Waals surface area contributed by atoms with Crippen molar-refractivity contribution in [1.29, 1.82) is 0 Å². The molecule has 0 atom stereocenters. The van der Waals surface area contributed by atoms with Crippen molar-refractivity contribution in [1.82, 2.24) is 4.57 Å². The summed E-state index contributed by atoms with van der Waals surface area (Å²) in [5, 5.41) is 0. The summed E-state index contributed by atoms with van der Waals surface area (Å²) in [4.78, 5) is 11.2. The van der Waals surface area contributed by atoms with Crippen LogP contribution in [0.3, 0.4) is 0 Å². The fraction of sp³-hybridized carbons (Fsp3) is 0.0833. The largest absolute Gasteiger partial charge is 0.350 e. The van der Waals surface area contributed by atoms with E-state index >= 15 is 0 Å². The van der Waals surface area contributed by atoms with Gasteiger partial charge in [0.2, 0.25) is 0 Å². The zero-order chi connectivity index (χ0) is 9.97. The summed E-state index contributed by atoms with van der Waals surface area (Å²) < 4.78 is 1.94. The molecule has 0 spiro atoms. The lowest BCUT2D eigenvalue weighted by Gasteiger charge is -2.07. The van der Waals surface area contributed by atoms with Crippen molar-refractivity contribution in [2.75, 3.05) is 0 Å². The maximum absolute atomic E-state index is 11.2. The molecule has 1 aromatic carbocycles. The smallest absolute Gasteiger partial charge is 0.182 e. The van der Waals surface area contributed by atoms with Crippen LogP contribution in [0.25, 0.3) is 11.3 Å². The van der Waals surface area contributed by atoms with E-state index in [2.05, 4.69) is 0 Å². The van der Waals surface area contributed by atoms with Crippen LogP contribution in [0.4, 0.5) is 0 Å². The Labute approximate surface area is 82.4 Å². The first-order valence-corrected chi connectivity index (χ1v) is 4.49. The van der Waals surface area contributed by atoms with E-state index < -0.39 is 0 Å². The maximum atomic E-state index is 11.2. The molecule has 2 heteroatoms. The van der Waals surface area contributed by atoms with Crippen LogP contribution in [0.5, 0.6) is 0 Å². The highest BCUT2D eigenvalue weighted by Gasteiger charge is 1.99. The van der Waals surface area contributed by atoms with Gasteiger partial charge in [0.05, 0.1) is 5.69 Å². The molecule has 0 saturated heterocycles. The SMILES string of the molecule is Cn1ccc(=O)cc1-c1ccccc1. The number of rotatable bonds is 1. The molecule has 0 aliphatic heterocycles. The Morgan fingerprint density at radius 2 is 1.79 bits per heavy atom. The summed E-state index contributed by atoms with van der Waals surface area (Å²) in [6.45, 7) is 0. The minimum atomic E-state index is 0.0435. The summed E-state index contributed by atoms with van der Waals surface area (Å²) in [7, 11) is 1.93. The van der Waals surface area contributed by atoms with Gasteiger partial charge in [-0.1, -0.05) is 30.3 Å². The molecule has 0 radical (unpaired) electrons. The molecular weight excluding hydrogens is 174 g/mol. The van der Waals surface area contributed by atoms with E-state index in [0.29, 0.717) is 0 Å². The fourth-order valence-electron chi connectivity index (χ4n) is 1.45. The van der Waals surface area contributed by atoms with E-state index in [4.69, 9.17) is 0 Å². The lowest BCUT2D eigenvalue weighted by Crippen LogP contribution is -2.04. The quantitative estimate of drug-likeness (QED) is 0.666. The predicted octanol–water partition coefficient (Wildman–Crippen LogP) is 2.05. The van der Waals surface area contributed by atoms with Crippen LogP contribution in [0.15, 0.2) is 53.5 Å². The number of benzene rings is 1. The summed E-state index contributed by atoms with van der Waals surface area (Å²) in [5.74, 6) is 0. The van der Waals surface area contributed by atoms with Crippen molar-refractivity contribution >= 4 is 0 Å². The van der Waals surface area contributed by atoms with Crippen molar-refractivity contribution in [3.63, 3.8) is 0 Å². The van der Waals surface area contributed by atoms with Gasteiger partial charge in [-0.3, -0.25) is 4.79 Å². The molecule has 0 unspecified atom stereocenters. The molecule has 70 valence electrons. The maximum Gasteiger partial charge on any atom is 0.182 e. The highest BCUT2D eigenvalue weighted by Crippen LogP contribution is 2.15. The summed E-state index contributed by atoms with van der Waals surface area (Å²) >= 11 is 0. The van der Waals surface area contributed by atoms with E-state index in [1.54, 1.807) is 18.3 Å². The number of aromatic nitrogens is 1. The van der Waals surface area contributed by atoms with Crippen LogP contribution in [0.2, 0.25) is 0 Å². The average Bonchev–Trinajstić information content (AvgIpc) is 2.23. The highest BCUT2D eigenvalue weighted by atomic mass is 16.1. The molecule has 2 nitrogen and oxygen atoms in total. The molecule has 1 aromatic heterocycles. The Morgan fingerprint density at radius 1 is 1.07 bits per heavy atom. The molecule has 14 heavy (non-hydrogen) atoms. The molecule has 0 bridgehead atoms. The number of nitrogens with zero attached hydrogens (tertiary/aromatic N) is 1. The topological polar surface area (TPSA) is 22.0 Å². The Hall–Kier alpha value is -1.83. The van der Waals surface area contributed by atoms with Gasteiger partial charge in [0.1, 0.15) is 0 Å². The van der Waals surface area contributed by atoms with E-state index in [1.807, 2.05) is 41.9 Å². The number of aryl methyl sites for hydroxylation is 1. The van der Waals surface area contributed by atoms with Crippen LogP contribution in [0.1, 0.15) is 0 Å². The third-order valence-corrected chi connectivity index (χ3v) is 2.19. The first kappa shape index (κ1) is 8.75. The second-order valence-corrected chi connectivity index (χ2v) is 3.22. The number of hydrogen-bond acceptors (Lipinski definition) is 1. The Morgan fingerprint density at radius 3 is 2.50 bits per heavy atom. The van der Waals surface area contributed by atoms with Crippen LogP contribution >= 0.6 is 0 Å². The molecule has 0 saturated carbocycles. The van der Waals surface area contributed by atoms with Crippen molar-refractivity contribution in [3.05, 3.63) is 58.9 Å². The van der Waals surface area contributed by atoms with Gasteiger partial charge in [-0.05, 0) is 5.56 Å². The first-order valence-electron chi connectivity index (χ1n) is 4.49. The van der Waals surface area contributed by atoms with Crippen LogP contribution in [-0.4, -0.2) is 4.57 Å². The van der Waals surface area contributed by atoms with Gasteiger partial charge in [0.25, 0.3) is 0 Å². The normalized spacial score (nSPS) is 10.1. The average molecular weight is 185 g/mol. The fourth-order valence-corrected chi connectivity index (χ4v) is 1.45. The van der Waals surface area contributed by atoms with Crippen molar-refractivity contribution < 1.29 is 0 Å². The Balaban J connectivity index is 2.62. The van der Waals surface area contributed by atoms with Gasteiger partial charge in [-0.2, -0.15) is 0 Å². The van der Waals surface area contributed by atoms with E-state index in [0.717, 1.165) is 11.3 Å². The van der Waals surface area contributed by atoms with Crippen LogP contribution in [0, 0.1) is 0 Å². The lowest BCUT2D eigenvalue weighted by atomic mass is 10.1. The minimum absolute atomic E-state index is 0.0435. The van der Waals surface area contributed by atoms with Gasteiger partial charge >= 0.3 is 0 Å². The molecule has 0 fully saturated rings. The highest BCUT2D eigenvalue weighted by molar-refractivity contribution is 5.58. The molecule has 0 N–H and O–H groups in total. The monoisotopic (exact) mass is 185 g/mol.